The third-order valence-electron chi connectivity index (χ3n) is 2.97. The number of aryl methyl sites for hydroxylation is 1. The van der Waals surface area contributed by atoms with Crippen LogP contribution in [0, 0.1) is 11.3 Å². The van der Waals surface area contributed by atoms with E-state index in [1.54, 1.807) is 24.0 Å². The lowest BCUT2D eigenvalue weighted by Gasteiger charge is -2.17. The molecule has 2 aromatic heterocycles. The molecular weight excluding hydrogens is 266 g/mol. The first kappa shape index (κ1) is 14.7. The topological polar surface area (TPSA) is 83.6 Å². The van der Waals surface area contributed by atoms with E-state index in [9.17, 15) is 4.79 Å². The van der Waals surface area contributed by atoms with E-state index in [1.807, 2.05) is 26.8 Å². The number of anilines is 1. The van der Waals surface area contributed by atoms with Crippen molar-refractivity contribution in [3.8, 4) is 6.07 Å². The highest BCUT2D eigenvalue weighted by atomic mass is 16.1. The first-order valence-electron chi connectivity index (χ1n) is 6.52. The summed E-state index contributed by atoms with van der Waals surface area (Å²) in [5.74, 6) is -0.282. The molecule has 0 saturated carbocycles. The molecular formula is C15H17N5O. The molecule has 1 N–H and O–H groups in total. The summed E-state index contributed by atoms with van der Waals surface area (Å²) in [7, 11) is 1.78. The molecule has 6 nitrogen and oxygen atoms in total. The molecule has 6 heteroatoms. The molecule has 21 heavy (non-hydrogen) atoms. The minimum Gasteiger partial charge on any atom is -0.321 e. The van der Waals surface area contributed by atoms with Crippen LogP contribution in [0.2, 0.25) is 0 Å². The van der Waals surface area contributed by atoms with Gasteiger partial charge in [-0.05, 0) is 6.07 Å². The Morgan fingerprint density at radius 2 is 2.14 bits per heavy atom. The summed E-state index contributed by atoms with van der Waals surface area (Å²) in [5.41, 5.74) is 1.75. The predicted octanol–water partition coefficient (Wildman–Crippen LogP) is 2.24. The maximum Gasteiger partial charge on any atom is 0.259 e. The van der Waals surface area contributed by atoms with Gasteiger partial charge in [-0.3, -0.25) is 14.5 Å². The second-order valence-corrected chi connectivity index (χ2v) is 5.80. The molecule has 2 aromatic rings. The summed E-state index contributed by atoms with van der Waals surface area (Å²) < 4.78 is 1.62. The van der Waals surface area contributed by atoms with Crippen molar-refractivity contribution in [1.29, 1.82) is 5.26 Å². The van der Waals surface area contributed by atoms with Gasteiger partial charge in [0.25, 0.3) is 5.91 Å². The number of nitrogens with one attached hydrogen (secondary N) is 1. The molecule has 0 atom stereocenters. The van der Waals surface area contributed by atoms with Crippen molar-refractivity contribution in [1.82, 2.24) is 14.8 Å². The van der Waals surface area contributed by atoms with Crippen molar-refractivity contribution in [3.63, 3.8) is 0 Å². The average Bonchev–Trinajstić information content (AvgIpc) is 2.81. The quantitative estimate of drug-likeness (QED) is 0.916. The highest BCUT2D eigenvalue weighted by Gasteiger charge is 2.26. The summed E-state index contributed by atoms with van der Waals surface area (Å²) in [6.07, 6.45) is 4.64. The number of carbonyl (C=O) groups is 1. The van der Waals surface area contributed by atoms with E-state index in [2.05, 4.69) is 15.4 Å². The third kappa shape index (κ3) is 3.08. The minimum absolute atomic E-state index is 0.246. The molecule has 2 heterocycles. The molecule has 0 aliphatic carbocycles. The van der Waals surface area contributed by atoms with E-state index < -0.39 is 0 Å². The van der Waals surface area contributed by atoms with Gasteiger partial charge in [0.05, 0.1) is 22.5 Å². The Morgan fingerprint density at radius 1 is 1.43 bits per heavy atom. The van der Waals surface area contributed by atoms with Crippen LogP contribution in [-0.4, -0.2) is 20.7 Å². The molecule has 0 aliphatic heterocycles. The van der Waals surface area contributed by atoms with Crippen molar-refractivity contribution < 1.29 is 4.79 Å². The van der Waals surface area contributed by atoms with Crippen molar-refractivity contribution >= 4 is 11.6 Å². The van der Waals surface area contributed by atoms with E-state index in [-0.39, 0.29) is 11.3 Å². The van der Waals surface area contributed by atoms with Gasteiger partial charge in [0.1, 0.15) is 6.07 Å². The number of hydrogen-bond donors (Lipinski definition) is 1. The molecule has 0 spiro atoms. The van der Waals surface area contributed by atoms with E-state index in [0.29, 0.717) is 16.8 Å². The van der Waals surface area contributed by atoms with Crippen LogP contribution < -0.4 is 5.32 Å². The van der Waals surface area contributed by atoms with Gasteiger partial charge in [-0.25, -0.2) is 0 Å². The molecule has 1 amide bonds. The molecule has 0 aromatic carbocycles. The summed E-state index contributed by atoms with van der Waals surface area (Å²) in [5, 5.41) is 16.1. The number of rotatable bonds is 2. The summed E-state index contributed by atoms with van der Waals surface area (Å²) in [6, 6.07) is 3.61. The lowest BCUT2D eigenvalue weighted by molar-refractivity contribution is 0.102. The number of nitriles is 1. The van der Waals surface area contributed by atoms with Crippen LogP contribution in [0.4, 0.5) is 5.69 Å². The number of hydrogen-bond acceptors (Lipinski definition) is 4. The Labute approximate surface area is 123 Å². The van der Waals surface area contributed by atoms with Crippen molar-refractivity contribution in [2.75, 3.05) is 5.32 Å². The van der Waals surface area contributed by atoms with E-state index in [0.717, 1.165) is 5.69 Å². The zero-order valence-electron chi connectivity index (χ0n) is 12.5. The van der Waals surface area contributed by atoms with Crippen LogP contribution in [-0.2, 0) is 12.5 Å². The van der Waals surface area contributed by atoms with Crippen LogP contribution >= 0.6 is 0 Å². The van der Waals surface area contributed by atoms with Crippen LogP contribution in [0.5, 0.6) is 0 Å². The fraction of sp³-hybridized carbons (Fsp3) is 0.333. The SMILES string of the molecule is Cn1cc(C(=O)Nc2ccncc2C#N)c(C(C)(C)C)n1. The summed E-state index contributed by atoms with van der Waals surface area (Å²) in [6.45, 7) is 6.00. The second kappa shape index (κ2) is 5.37. The lowest BCUT2D eigenvalue weighted by atomic mass is 9.89. The second-order valence-electron chi connectivity index (χ2n) is 5.80. The van der Waals surface area contributed by atoms with Gasteiger partial charge in [0, 0.05) is 31.1 Å². The third-order valence-corrected chi connectivity index (χ3v) is 2.97. The van der Waals surface area contributed by atoms with E-state index in [4.69, 9.17) is 5.26 Å². The normalized spacial score (nSPS) is 11.0. The molecule has 0 radical (unpaired) electrons. The summed E-state index contributed by atoms with van der Waals surface area (Å²) >= 11 is 0. The van der Waals surface area contributed by atoms with Gasteiger partial charge in [-0.1, -0.05) is 20.8 Å². The van der Waals surface area contributed by atoms with Crippen LogP contribution in [0.15, 0.2) is 24.7 Å². The Hall–Kier alpha value is -2.68. The summed E-state index contributed by atoms with van der Waals surface area (Å²) in [4.78, 5) is 16.3. The first-order chi connectivity index (χ1) is 9.82. The highest BCUT2D eigenvalue weighted by molar-refractivity contribution is 6.05. The van der Waals surface area contributed by atoms with Gasteiger partial charge >= 0.3 is 0 Å². The number of nitrogens with zero attached hydrogens (tertiary/aromatic N) is 4. The maximum atomic E-state index is 12.5. The minimum atomic E-state index is -0.282. The molecule has 2 rings (SSSR count). The molecule has 0 fully saturated rings. The number of pyridine rings is 1. The fourth-order valence-electron chi connectivity index (χ4n) is 1.99. The van der Waals surface area contributed by atoms with Crippen LogP contribution in [0.25, 0.3) is 0 Å². The molecule has 0 unspecified atom stereocenters. The number of carbonyl (C=O) groups excluding carboxylic acids is 1. The Kier molecular flexibility index (Phi) is 3.76. The average molecular weight is 283 g/mol. The lowest BCUT2D eigenvalue weighted by Crippen LogP contribution is -2.20. The zero-order valence-corrected chi connectivity index (χ0v) is 12.5. The Balaban J connectivity index is 2.36. The van der Waals surface area contributed by atoms with Crippen molar-refractivity contribution in [3.05, 3.63) is 41.5 Å². The smallest absolute Gasteiger partial charge is 0.259 e. The molecule has 0 bridgehead atoms. The number of aromatic nitrogens is 3. The van der Waals surface area contributed by atoms with Crippen LogP contribution in [0.3, 0.4) is 0 Å². The van der Waals surface area contributed by atoms with E-state index in [1.165, 1.54) is 12.4 Å². The largest absolute Gasteiger partial charge is 0.321 e. The molecule has 0 aliphatic rings. The van der Waals surface area contributed by atoms with Gasteiger partial charge in [0.15, 0.2) is 0 Å². The Bertz CT molecular complexity index is 718. The van der Waals surface area contributed by atoms with E-state index >= 15 is 0 Å². The Morgan fingerprint density at radius 3 is 2.76 bits per heavy atom. The molecule has 108 valence electrons. The maximum absolute atomic E-state index is 12.5. The van der Waals surface area contributed by atoms with Crippen molar-refractivity contribution in [2.45, 2.75) is 26.2 Å². The number of amides is 1. The van der Waals surface area contributed by atoms with Gasteiger partial charge in [-0.2, -0.15) is 10.4 Å². The molecule has 0 saturated heterocycles. The monoisotopic (exact) mass is 283 g/mol. The standard InChI is InChI=1S/C15H17N5O/c1-15(2,3)13-11(9-20(4)19-13)14(21)18-12-5-6-17-8-10(12)7-16/h5-6,8-9H,1-4H3,(H,17,18,21). The fourth-order valence-corrected chi connectivity index (χ4v) is 1.99. The van der Waals surface area contributed by atoms with Crippen LogP contribution in [0.1, 0.15) is 42.4 Å². The van der Waals surface area contributed by atoms with Gasteiger partial charge < -0.3 is 5.32 Å². The van der Waals surface area contributed by atoms with Gasteiger partial charge in [0.2, 0.25) is 0 Å². The van der Waals surface area contributed by atoms with Gasteiger partial charge in [-0.15, -0.1) is 0 Å². The zero-order chi connectivity index (χ0) is 15.6. The first-order valence-corrected chi connectivity index (χ1v) is 6.52. The highest BCUT2D eigenvalue weighted by Crippen LogP contribution is 2.25. The van der Waals surface area contributed by atoms with Crippen molar-refractivity contribution in [2.24, 2.45) is 7.05 Å². The predicted molar refractivity (Wildman–Crippen MR) is 78.8 cm³/mol.